The monoisotopic (exact) mass is 389 g/mol. The zero-order valence-corrected chi connectivity index (χ0v) is 13.5. The van der Waals surface area contributed by atoms with Gasteiger partial charge in [-0.15, -0.1) is 0 Å². The van der Waals surface area contributed by atoms with Gasteiger partial charge in [0.25, 0.3) is 5.69 Å². The van der Waals surface area contributed by atoms with Gasteiger partial charge in [-0.2, -0.15) is 0 Å². The third-order valence-electron chi connectivity index (χ3n) is 3.97. The van der Waals surface area contributed by atoms with Crippen molar-refractivity contribution in [1.29, 1.82) is 0 Å². The van der Waals surface area contributed by atoms with Crippen LogP contribution in [-0.4, -0.2) is 17.5 Å². The number of hydrogen-bond acceptors (Lipinski definition) is 4. The lowest BCUT2D eigenvalue weighted by atomic mass is 9.84. The molecule has 6 heteroatoms. The molecule has 0 aliphatic heterocycles. The number of nitrogens with zero attached hydrogens (tertiary/aromatic N) is 1. The lowest BCUT2D eigenvalue weighted by Crippen LogP contribution is -2.37. The number of halogens is 1. The Hall–Kier alpha value is -0.890. The minimum Gasteiger partial charge on any atom is -0.375 e. The van der Waals surface area contributed by atoms with Crippen molar-refractivity contribution >= 4 is 34.0 Å². The Balaban J connectivity index is 2.16. The van der Waals surface area contributed by atoms with E-state index in [4.69, 9.17) is 5.73 Å². The number of benzene rings is 1. The fourth-order valence-corrected chi connectivity index (χ4v) is 3.36. The van der Waals surface area contributed by atoms with Crippen LogP contribution in [0, 0.1) is 19.6 Å². The molecule has 0 radical (unpaired) electrons. The van der Waals surface area contributed by atoms with Crippen molar-refractivity contribution in [2.24, 2.45) is 11.7 Å². The molecule has 1 aliphatic rings. The van der Waals surface area contributed by atoms with Gasteiger partial charge in [-0.1, -0.05) is 19.3 Å². The van der Waals surface area contributed by atoms with Gasteiger partial charge >= 0.3 is 0 Å². The zero-order chi connectivity index (χ0) is 14.5. The highest BCUT2D eigenvalue weighted by atomic mass is 127. The summed E-state index contributed by atoms with van der Waals surface area (Å²) in [6, 6.07) is 5.38. The largest absolute Gasteiger partial charge is 0.375 e. The van der Waals surface area contributed by atoms with E-state index in [1.165, 1.54) is 19.3 Å². The highest BCUT2D eigenvalue weighted by Crippen LogP contribution is 2.31. The van der Waals surface area contributed by atoms with Crippen molar-refractivity contribution in [2.45, 2.75) is 38.1 Å². The molecule has 1 aromatic carbocycles. The van der Waals surface area contributed by atoms with Crippen molar-refractivity contribution in [3.05, 3.63) is 31.9 Å². The number of nitrogens with two attached hydrogens (primary N) is 1. The molecular formula is C14H20IN3O2. The first kappa shape index (κ1) is 15.5. The zero-order valence-electron chi connectivity index (χ0n) is 11.3. The summed E-state index contributed by atoms with van der Waals surface area (Å²) >= 11 is 2.08. The molecule has 1 unspecified atom stereocenters. The van der Waals surface area contributed by atoms with E-state index >= 15 is 0 Å². The molecule has 110 valence electrons. The molecule has 3 N–H and O–H groups in total. The maximum Gasteiger partial charge on any atom is 0.293 e. The van der Waals surface area contributed by atoms with Gasteiger partial charge in [-0.25, -0.2) is 0 Å². The fraction of sp³-hybridized carbons (Fsp3) is 0.571. The van der Waals surface area contributed by atoms with E-state index in [0.717, 1.165) is 16.4 Å². The van der Waals surface area contributed by atoms with E-state index in [-0.39, 0.29) is 16.7 Å². The van der Waals surface area contributed by atoms with E-state index < -0.39 is 0 Å². The topological polar surface area (TPSA) is 81.2 Å². The minimum atomic E-state index is -0.334. The van der Waals surface area contributed by atoms with Crippen LogP contribution in [0.2, 0.25) is 0 Å². The maximum absolute atomic E-state index is 11.2. The standard InChI is InChI=1S/C14H20IN3O2/c15-11-6-7-12(14(8-11)18(19)20)17-13(9-16)10-4-2-1-3-5-10/h6-8,10,13,17H,1-5,9,16H2. The van der Waals surface area contributed by atoms with Crippen LogP contribution in [0.3, 0.4) is 0 Å². The number of rotatable bonds is 5. The first-order valence-electron chi connectivity index (χ1n) is 7.02. The van der Waals surface area contributed by atoms with E-state index in [0.29, 0.717) is 18.2 Å². The number of nitro benzene ring substituents is 1. The maximum atomic E-state index is 11.2. The van der Waals surface area contributed by atoms with Crippen LogP contribution in [-0.2, 0) is 0 Å². The van der Waals surface area contributed by atoms with Crippen molar-refractivity contribution in [3.8, 4) is 0 Å². The first-order valence-corrected chi connectivity index (χ1v) is 8.10. The Bertz CT molecular complexity index is 475. The summed E-state index contributed by atoms with van der Waals surface area (Å²) in [6.45, 7) is 0.508. The Labute approximate surface area is 132 Å². The molecule has 0 spiro atoms. The molecule has 1 fully saturated rings. The quantitative estimate of drug-likeness (QED) is 0.459. The van der Waals surface area contributed by atoms with Crippen LogP contribution in [0.1, 0.15) is 32.1 Å². The van der Waals surface area contributed by atoms with Gasteiger partial charge in [0.1, 0.15) is 5.69 Å². The smallest absolute Gasteiger partial charge is 0.293 e. The molecule has 2 rings (SSSR count). The Morgan fingerprint density at radius 1 is 1.40 bits per heavy atom. The third kappa shape index (κ3) is 3.82. The van der Waals surface area contributed by atoms with Crippen molar-refractivity contribution < 1.29 is 4.92 Å². The van der Waals surface area contributed by atoms with E-state index in [1.807, 2.05) is 6.07 Å². The van der Waals surface area contributed by atoms with Gasteiger partial charge in [0.15, 0.2) is 0 Å². The van der Waals surface area contributed by atoms with Crippen LogP contribution in [0.5, 0.6) is 0 Å². The Morgan fingerprint density at radius 3 is 2.70 bits per heavy atom. The molecule has 0 aromatic heterocycles. The van der Waals surface area contributed by atoms with Gasteiger partial charge in [-0.3, -0.25) is 10.1 Å². The predicted molar refractivity (Wildman–Crippen MR) is 88.9 cm³/mol. The lowest BCUT2D eigenvalue weighted by molar-refractivity contribution is -0.384. The molecule has 0 bridgehead atoms. The van der Waals surface area contributed by atoms with Crippen LogP contribution in [0.4, 0.5) is 11.4 Å². The highest BCUT2D eigenvalue weighted by molar-refractivity contribution is 14.1. The number of hydrogen-bond donors (Lipinski definition) is 2. The predicted octanol–water partition coefficient (Wildman–Crippen LogP) is 3.52. The van der Waals surface area contributed by atoms with Crippen molar-refractivity contribution in [2.75, 3.05) is 11.9 Å². The summed E-state index contributed by atoms with van der Waals surface area (Å²) in [4.78, 5) is 10.8. The molecular weight excluding hydrogens is 369 g/mol. The van der Waals surface area contributed by atoms with Gasteiger partial charge in [0.2, 0.25) is 0 Å². The SMILES string of the molecule is NCC(Nc1ccc(I)cc1[N+](=O)[O-])C1CCCCC1. The number of nitro groups is 1. The summed E-state index contributed by atoms with van der Waals surface area (Å²) in [5.41, 5.74) is 6.58. The second kappa shape index (κ2) is 7.21. The molecule has 0 heterocycles. The highest BCUT2D eigenvalue weighted by Gasteiger charge is 2.25. The molecule has 5 nitrogen and oxygen atoms in total. The molecule has 1 atom stereocenters. The minimum absolute atomic E-state index is 0.120. The summed E-state index contributed by atoms with van der Waals surface area (Å²) < 4.78 is 0.863. The Morgan fingerprint density at radius 2 is 2.10 bits per heavy atom. The Kier molecular flexibility index (Phi) is 5.59. The third-order valence-corrected chi connectivity index (χ3v) is 4.64. The van der Waals surface area contributed by atoms with Crippen LogP contribution in [0.25, 0.3) is 0 Å². The van der Waals surface area contributed by atoms with Gasteiger partial charge in [-0.05, 0) is 53.5 Å². The first-order chi connectivity index (χ1) is 9.61. The number of nitrogens with one attached hydrogen (secondary N) is 1. The van der Waals surface area contributed by atoms with E-state index in [1.54, 1.807) is 12.1 Å². The summed E-state index contributed by atoms with van der Waals surface area (Å²) in [5.74, 6) is 0.521. The van der Waals surface area contributed by atoms with Gasteiger partial charge in [0, 0.05) is 22.2 Å². The second-order valence-corrected chi connectivity index (χ2v) is 6.55. The van der Waals surface area contributed by atoms with Crippen LogP contribution < -0.4 is 11.1 Å². The van der Waals surface area contributed by atoms with Crippen molar-refractivity contribution in [3.63, 3.8) is 0 Å². The van der Waals surface area contributed by atoms with Gasteiger partial charge < -0.3 is 11.1 Å². The number of anilines is 1. The van der Waals surface area contributed by atoms with Gasteiger partial charge in [0.05, 0.1) is 4.92 Å². The molecule has 1 aromatic rings. The average molecular weight is 389 g/mol. The van der Waals surface area contributed by atoms with Crippen LogP contribution >= 0.6 is 22.6 Å². The van der Waals surface area contributed by atoms with Crippen molar-refractivity contribution in [1.82, 2.24) is 0 Å². The van der Waals surface area contributed by atoms with Crippen LogP contribution in [0.15, 0.2) is 18.2 Å². The summed E-state index contributed by atoms with van der Waals surface area (Å²) in [6.07, 6.45) is 6.08. The normalized spacial score (nSPS) is 17.7. The summed E-state index contributed by atoms with van der Waals surface area (Å²) in [7, 11) is 0. The molecule has 0 saturated heterocycles. The molecule has 1 saturated carbocycles. The lowest BCUT2D eigenvalue weighted by Gasteiger charge is -2.30. The van der Waals surface area contributed by atoms with E-state index in [9.17, 15) is 10.1 Å². The average Bonchev–Trinajstić information content (AvgIpc) is 2.46. The molecule has 1 aliphatic carbocycles. The van der Waals surface area contributed by atoms with E-state index in [2.05, 4.69) is 27.9 Å². The summed E-state index contributed by atoms with van der Waals surface area (Å²) in [5, 5.41) is 14.5. The molecule has 0 amide bonds. The fourth-order valence-electron chi connectivity index (χ4n) is 2.88. The second-order valence-electron chi connectivity index (χ2n) is 5.30. The molecule has 20 heavy (non-hydrogen) atoms.